The van der Waals surface area contributed by atoms with Crippen LogP contribution < -0.4 is 28.4 Å². The molecular formula is C39H46N2O7. The second-order valence-electron chi connectivity index (χ2n) is 13.1. The highest BCUT2D eigenvalue weighted by molar-refractivity contribution is 5.70. The van der Waals surface area contributed by atoms with Crippen LogP contribution in [-0.2, 0) is 24.0 Å². The Balaban J connectivity index is 1.47. The van der Waals surface area contributed by atoms with Crippen molar-refractivity contribution in [2.45, 2.75) is 50.3 Å². The van der Waals surface area contributed by atoms with E-state index in [-0.39, 0.29) is 18.2 Å². The molecule has 0 saturated carbocycles. The molecule has 4 aliphatic heterocycles. The maximum atomic E-state index is 7.09. The standard InChI is InChI=1S/C39H46N2O7/c1-40-16-14-25-21-32(43-4)34-22-28(25)29(40)18-23-8-11-26(12-9-23)47-33-20-24(10-13-31(33)42-3)19-30-35-27(15-17-41(30)2)36(44-5)38(45-6)39(46-7)37(35)48-34/h8-13,21-22,29-30,33H,14-20H2,1-7H3. The number of hydrogen-bond acceptors (Lipinski definition) is 9. The van der Waals surface area contributed by atoms with Gasteiger partial charge in [-0.15, -0.1) is 0 Å². The van der Waals surface area contributed by atoms with E-state index >= 15 is 0 Å². The lowest BCUT2D eigenvalue weighted by Gasteiger charge is -2.39. The minimum Gasteiger partial charge on any atom is -0.497 e. The number of ether oxygens (including phenoxy) is 7. The number of likely N-dealkylation sites (N-methyl/N-ethyl adjacent to an activating group) is 2. The Hall–Kier alpha value is -4.34. The van der Waals surface area contributed by atoms with E-state index in [0.717, 1.165) is 61.4 Å². The summed E-state index contributed by atoms with van der Waals surface area (Å²) in [6, 6.07) is 13.0. The maximum absolute atomic E-state index is 7.09. The molecule has 0 spiro atoms. The number of allylic oxidation sites excluding steroid dienone is 2. The Morgan fingerprint density at radius 2 is 1.44 bits per heavy atom. The van der Waals surface area contributed by atoms with Gasteiger partial charge in [0, 0.05) is 42.7 Å². The molecule has 0 saturated heterocycles. The molecule has 0 fully saturated rings. The monoisotopic (exact) mass is 654 g/mol. The SMILES string of the molecule is COC1=CC=C2CC1Oc1ccc(cc1)CC1c3cc(c(OC)cc3CCN1C)Oc1c(OC)c(OC)c(OC)c3c1C(C2)N(C)CC3. The predicted octanol–water partition coefficient (Wildman–Crippen LogP) is 6.83. The zero-order chi connectivity index (χ0) is 33.5. The molecule has 9 heteroatoms. The Bertz CT molecular complexity index is 1750. The minimum atomic E-state index is -0.236. The molecule has 5 aliphatic rings. The van der Waals surface area contributed by atoms with Gasteiger partial charge in [-0.3, -0.25) is 9.80 Å². The molecule has 1 aliphatic carbocycles. The lowest BCUT2D eigenvalue weighted by Crippen LogP contribution is -2.34. The Morgan fingerprint density at radius 3 is 2.15 bits per heavy atom. The van der Waals surface area contributed by atoms with Crippen molar-refractivity contribution in [1.82, 2.24) is 9.80 Å². The van der Waals surface area contributed by atoms with Crippen molar-refractivity contribution in [3.8, 4) is 40.2 Å². The predicted molar refractivity (Wildman–Crippen MR) is 184 cm³/mol. The van der Waals surface area contributed by atoms with E-state index in [2.05, 4.69) is 66.4 Å². The quantitative estimate of drug-likeness (QED) is 0.295. The van der Waals surface area contributed by atoms with Crippen LogP contribution in [0.5, 0.6) is 40.2 Å². The van der Waals surface area contributed by atoms with Crippen LogP contribution in [0.15, 0.2) is 59.9 Å². The molecule has 8 rings (SSSR count). The average molecular weight is 655 g/mol. The highest BCUT2D eigenvalue weighted by Gasteiger charge is 2.38. The number of rotatable bonds is 5. The molecule has 3 aromatic carbocycles. The van der Waals surface area contributed by atoms with E-state index in [1.807, 2.05) is 6.08 Å². The van der Waals surface area contributed by atoms with Crippen LogP contribution in [-0.4, -0.2) is 78.6 Å². The summed E-state index contributed by atoms with van der Waals surface area (Å²) in [6.45, 7) is 1.80. The van der Waals surface area contributed by atoms with E-state index < -0.39 is 0 Å². The number of hydrogen-bond donors (Lipinski definition) is 0. The van der Waals surface area contributed by atoms with Gasteiger partial charge in [-0.25, -0.2) is 0 Å². The van der Waals surface area contributed by atoms with Gasteiger partial charge < -0.3 is 33.2 Å². The highest BCUT2D eigenvalue weighted by atomic mass is 16.6. The Kier molecular flexibility index (Phi) is 8.92. The van der Waals surface area contributed by atoms with Gasteiger partial charge >= 0.3 is 0 Å². The first-order valence-corrected chi connectivity index (χ1v) is 16.7. The van der Waals surface area contributed by atoms with Crippen LogP contribution in [0.25, 0.3) is 0 Å². The number of nitrogens with zero attached hydrogens (tertiary/aromatic N) is 2. The summed E-state index contributed by atoms with van der Waals surface area (Å²) in [5.74, 6) is 5.30. The fourth-order valence-electron chi connectivity index (χ4n) is 7.89. The van der Waals surface area contributed by atoms with Crippen LogP contribution >= 0.6 is 0 Å². The topological polar surface area (TPSA) is 71.1 Å². The Labute approximate surface area is 283 Å². The van der Waals surface area contributed by atoms with Gasteiger partial charge in [0.25, 0.3) is 0 Å². The van der Waals surface area contributed by atoms with Crippen molar-refractivity contribution in [2.75, 3.05) is 62.7 Å². The zero-order valence-electron chi connectivity index (χ0n) is 29.1. The lowest BCUT2D eigenvalue weighted by atomic mass is 9.84. The second kappa shape index (κ2) is 13.3. The molecule has 0 aromatic heterocycles. The van der Waals surface area contributed by atoms with Gasteiger partial charge in [-0.05, 0) is 86.8 Å². The number of benzene rings is 3. The number of fused-ring (bicyclic) bond motifs is 2. The third-order valence-electron chi connectivity index (χ3n) is 10.5. The summed E-state index contributed by atoms with van der Waals surface area (Å²) < 4.78 is 43.6. The highest BCUT2D eigenvalue weighted by Crippen LogP contribution is 2.56. The van der Waals surface area contributed by atoms with Gasteiger partial charge in [0.05, 0.1) is 35.5 Å². The van der Waals surface area contributed by atoms with Crippen LogP contribution in [0.1, 0.15) is 52.7 Å². The molecule has 0 radical (unpaired) electrons. The molecule has 48 heavy (non-hydrogen) atoms. The first-order chi connectivity index (χ1) is 23.4. The van der Waals surface area contributed by atoms with E-state index in [0.29, 0.717) is 40.9 Å². The molecule has 0 amide bonds. The molecule has 4 heterocycles. The smallest absolute Gasteiger partial charge is 0.208 e. The molecular weight excluding hydrogens is 608 g/mol. The van der Waals surface area contributed by atoms with E-state index in [9.17, 15) is 0 Å². The average Bonchev–Trinajstić information content (AvgIpc) is 3.10. The third kappa shape index (κ3) is 5.62. The summed E-state index contributed by atoms with van der Waals surface area (Å²) in [5.41, 5.74) is 7.09. The minimum absolute atomic E-state index is 0.0393. The summed E-state index contributed by atoms with van der Waals surface area (Å²) in [4.78, 5) is 4.82. The Morgan fingerprint density at radius 1 is 0.708 bits per heavy atom. The van der Waals surface area contributed by atoms with E-state index in [1.54, 1.807) is 35.5 Å². The maximum Gasteiger partial charge on any atom is 0.208 e. The molecule has 6 bridgehead atoms. The molecule has 3 unspecified atom stereocenters. The summed E-state index contributed by atoms with van der Waals surface area (Å²) >= 11 is 0. The van der Waals surface area contributed by atoms with E-state index in [4.69, 9.17) is 33.2 Å². The molecule has 254 valence electrons. The second-order valence-corrected chi connectivity index (χ2v) is 13.1. The molecule has 3 atom stereocenters. The van der Waals surface area contributed by atoms with Gasteiger partial charge in [0.2, 0.25) is 11.5 Å². The number of methoxy groups -OCH3 is 5. The summed E-state index contributed by atoms with van der Waals surface area (Å²) in [5, 5.41) is 0. The van der Waals surface area contributed by atoms with Gasteiger partial charge in [-0.1, -0.05) is 23.8 Å². The summed E-state index contributed by atoms with van der Waals surface area (Å²) in [6.07, 6.45) is 7.97. The van der Waals surface area contributed by atoms with Crippen LogP contribution in [0.4, 0.5) is 0 Å². The van der Waals surface area contributed by atoms with Crippen molar-refractivity contribution in [2.24, 2.45) is 0 Å². The zero-order valence-corrected chi connectivity index (χ0v) is 29.1. The normalized spacial score (nSPS) is 22.1. The third-order valence-corrected chi connectivity index (χ3v) is 10.5. The largest absolute Gasteiger partial charge is 0.497 e. The fraction of sp³-hybridized carbons (Fsp3) is 0.436. The molecule has 9 nitrogen and oxygen atoms in total. The van der Waals surface area contributed by atoms with Crippen LogP contribution in [0.2, 0.25) is 0 Å². The fourth-order valence-corrected chi connectivity index (χ4v) is 7.89. The van der Waals surface area contributed by atoms with Gasteiger partial charge in [0.1, 0.15) is 11.5 Å². The van der Waals surface area contributed by atoms with Crippen LogP contribution in [0.3, 0.4) is 0 Å². The molecule has 3 aromatic rings. The lowest BCUT2D eigenvalue weighted by molar-refractivity contribution is 0.141. The van der Waals surface area contributed by atoms with Gasteiger partial charge in [0.15, 0.2) is 29.1 Å². The summed E-state index contributed by atoms with van der Waals surface area (Å²) in [7, 11) is 12.8. The van der Waals surface area contributed by atoms with Crippen LogP contribution in [0, 0.1) is 0 Å². The first-order valence-electron chi connectivity index (χ1n) is 16.7. The van der Waals surface area contributed by atoms with Crippen molar-refractivity contribution < 1.29 is 33.2 Å². The molecule has 0 N–H and O–H groups in total. The van der Waals surface area contributed by atoms with Crippen molar-refractivity contribution in [1.29, 1.82) is 0 Å². The van der Waals surface area contributed by atoms with Crippen molar-refractivity contribution in [3.63, 3.8) is 0 Å². The first kappa shape index (κ1) is 32.2. The van der Waals surface area contributed by atoms with E-state index in [1.165, 1.54) is 22.3 Å². The van der Waals surface area contributed by atoms with Crippen molar-refractivity contribution in [3.05, 3.63) is 87.7 Å². The van der Waals surface area contributed by atoms with Gasteiger partial charge in [-0.2, -0.15) is 0 Å². The van der Waals surface area contributed by atoms with Crippen molar-refractivity contribution >= 4 is 0 Å².